The van der Waals surface area contributed by atoms with Crippen LogP contribution in [-0.2, 0) is 23.7 Å². The fourth-order valence-electron chi connectivity index (χ4n) is 5.79. The lowest BCUT2D eigenvalue weighted by Crippen LogP contribution is -2.34. The first kappa shape index (κ1) is 26.5. The van der Waals surface area contributed by atoms with E-state index in [1.807, 2.05) is 12.4 Å². The standard InChI is InChI=1S/C33H39N3OS/c1-2-12-30-20-34-33(35-21-30)36-22-32(19-31(36)23-37)38(24-27-13-6-3-7-14-27,25-28-15-8-4-9-16-28)26-29-17-10-5-11-18-29/h3-11,13-18,20-21,31-32,37H,2,12,19,22-26H2,1H3/t31-,32+/m0/s1. The Morgan fingerprint density at radius 3 is 1.63 bits per heavy atom. The zero-order valence-electron chi connectivity index (χ0n) is 22.3. The van der Waals surface area contributed by atoms with Crippen molar-refractivity contribution in [2.45, 2.75) is 54.7 Å². The molecule has 0 radical (unpaired) electrons. The van der Waals surface area contributed by atoms with Crippen LogP contribution in [0.5, 0.6) is 0 Å². The van der Waals surface area contributed by atoms with Crippen LogP contribution in [0.4, 0.5) is 5.95 Å². The second-order valence-electron chi connectivity index (χ2n) is 10.5. The largest absolute Gasteiger partial charge is 0.394 e. The number of nitrogens with zero attached hydrogens (tertiary/aromatic N) is 3. The van der Waals surface area contributed by atoms with Crippen LogP contribution >= 0.6 is 10.0 Å². The van der Waals surface area contributed by atoms with Gasteiger partial charge < -0.3 is 10.0 Å². The van der Waals surface area contributed by atoms with Gasteiger partial charge in [-0.1, -0.05) is 104 Å². The lowest BCUT2D eigenvalue weighted by atomic mass is 10.2. The molecule has 1 aliphatic rings. The maximum Gasteiger partial charge on any atom is 0.225 e. The minimum atomic E-state index is -1.24. The van der Waals surface area contributed by atoms with Gasteiger partial charge in [0.1, 0.15) is 0 Å². The van der Waals surface area contributed by atoms with Gasteiger partial charge in [0.25, 0.3) is 0 Å². The second kappa shape index (κ2) is 12.6. The Kier molecular flexibility index (Phi) is 8.77. The molecule has 0 unspecified atom stereocenters. The zero-order valence-corrected chi connectivity index (χ0v) is 23.1. The number of rotatable bonds is 11. The second-order valence-corrected chi connectivity index (χ2v) is 14.2. The smallest absolute Gasteiger partial charge is 0.225 e. The van der Waals surface area contributed by atoms with Crippen molar-refractivity contribution in [1.29, 1.82) is 0 Å². The first-order valence-corrected chi connectivity index (χ1v) is 15.9. The molecule has 5 heteroatoms. The number of aromatic nitrogens is 2. The highest BCUT2D eigenvalue weighted by Gasteiger charge is 2.43. The Morgan fingerprint density at radius 2 is 1.21 bits per heavy atom. The van der Waals surface area contributed by atoms with Gasteiger partial charge in [0, 0.05) is 41.4 Å². The molecule has 3 aromatic carbocycles. The van der Waals surface area contributed by atoms with E-state index in [0.29, 0.717) is 5.25 Å². The van der Waals surface area contributed by atoms with Crippen molar-refractivity contribution in [1.82, 2.24) is 9.97 Å². The molecule has 0 spiro atoms. The molecule has 2 atom stereocenters. The predicted octanol–water partition coefficient (Wildman–Crippen LogP) is 6.77. The number of anilines is 1. The van der Waals surface area contributed by atoms with Gasteiger partial charge in [-0.3, -0.25) is 0 Å². The van der Waals surface area contributed by atoms with E-state index in [2.05, 4.69) is 103 Å². The summed E-state index contributed by atoms with van der Waals surface area (Å²) in [5.41, 5.74) is 5.36. The Labute approximate surface area is 229 Å². The number of aliphatic hydroxyl groups is 1. The van der Waals surface area contributed by atoms with E-state index < -0.39 is 10.0 Å². The summed E-state index contributed by atoms with van der Waals surface area (Å²) < 4.78 is 0. The molecule has 0 amide bonds. The molecule has 0 saturated carbocycles. The van der Waals surface area contributed by atoms with Gasteiger partial charge in [-0.15, -0.1) is 0 Å². The predicted molar refractivity (Wildman–Crippen MR) is 161 cm³/mol. The van der Waals surface area contributed by atoms with Gasteiger partial charge in [0.15, 0.2) is 0 Å². The van der Waals surface area contributed by atoms with Gasteiger partial charge in [-0.2, -0.15) is 0 Å². The molecule has 1 aromatic heterocycles. The highest BCUT2D eigenvalue weighted by molar-refractivity contribution is 8.32. The van der Waals surface area contributed by atoms with Crippen molar-refractivity contribution >= 4 is 16.0 Å². The third-order valence-electron chi connectivity index (χ3n) is 7.67. The summed E-state index contributed by atoms with van der Waals surface area (Å²) in [6, 6.07) is 33.0. The Balaban J connectivity index is 1.54. The number of benzene rings is 3. The molecule has 2 heterocycles. The molecule has 4 aromatic rings. The highest BCUT2D eigenvalue weighted by atomic mass is 32.3. The summed E-state index contributed by atoms with van der Waals surface area (Å²) in [4.78, 5) is 11.8. The average molecular weight is 526 g/mol. The van der Waals surface area contributed by atoms with E-state index in [9.17, 15) is 5.11 Å². The average Bonchev–Trinajstić information content (AvgIpc) is 3.41. The SMILES string of the molecule is CCCc1cnc(N2C[C@H](S(Cc3ccccc3)(Cc3ccccc3)Cc3ccccc3)C[C@H]2CO)nc1. The molecular formula is C33H39N3OS. The van der Waals surface area contributed by atoms with Gasteiger partial charge in [-0.05, 0) is 35.1 Å². The van der Waals surface area contributed by atoms with Crippen molar-refractivity contribution in [2.24, 2.45) is 0 Å². The van der Waals surface area contributed by atoms with Crippen molar-refractivity contribution < 1.29 is 5.11 Å². The molecule has 0 bridgehead atoms. The van der Waals surface area contributed by atoms with E-state index in [-0.39, 0.29) is 12.6 Å². The lowest BCUT2D eigenvalue weighted by Gasteiger charge is -2.46. The van der Waals surface area contributed by atoms with Crippen LogP contribution < -0.4 is 4.90 Å². The fourth-order valence-corrected chi connectivity index (χ4v) is 10.5. The third-order valence-corrected chi connectivity index (χ3v) is 12.2. The first-order valence-electron chi connectivity index (χ1n) is 13.7. The summed E-state index contributed by atoms with van der Waals surface area (Å²) in [5, 5.41) is 10.9. The van der Waals surface area contributed by atoms with Gasteiger partial charge >= 0.3 is 0 Å². The molecule has 38 heavy (non-hydrogen) atoms. The van der Waals surface area contributed by atoms with Crippen LogP contribution in [0.2, 0.25) is 0 Å². The molecule has 198 valence electrons. The molecular weight excluding hydrogens is 486 g/mol. The summed E-state index contributed by atoms with van der Waals surface area (Å²) in [7, 11) is -1.24. The Hall–Kier alpha value is -3.15. The molecule has 0 aliphatic carbocycles. The van der Waals surface area contributed by atoms with E-state index >= 15 is 0 Å². The summed E-state index contributed by atoms with van der Waals surface area (Å²) in [6.45, 7) is 3.17. The summed E-state index contributed by atoms with van der Waals surface area (Å²) in [6.07, 6.45) is 6.96. The minimum Gasteiger partial charge on any atom is -0.394 e. The fraction of sp³-hybridized carbons (Fsp3) is 0.333. The first-order chi connectivity index (χ1) is 18.7. The quantitative estimate of drug-likeness (QED) is 0.235. The zero-order chi connectivity index (χ0) is 26.2. The number of aryl methyl sites for hydroxylation is 1. The Bertz CT molecular complexity index is 1150. The van der Waals surface area contributed by atoms with Gasteiger partial charge in [-0.25, -0.2) is 20.0 Å². The number of aliphatic hydroxyl groups excluding tert-OH is 1. The van der Waals surface area contributed by atoms with Crippen LogP contribution in [-0.4, -0.2) is 39.5 Å². The molecule has 5 rings (SSSR count). The van der Waals surface area contributed by atoms with E-state index in [0.717, 1.165) is 49.0 Å². The van der Waals surface area contributed by atoms with Crippen LogP contribution in [0, 0.1) is 0 Å². The molecule has 1 saturated heterocycles. The van der Waals surface area contributed by atoms with Crippen LogP contribution in [0.3, 0.4) is 0 Å². The Morgan fingerprint density at radius 1 is 0.737 bits per heavy atom. The summed E-state index contributed by atoms with van der Waals surface area (Å²) >= 11 is 0. The van der Waals surface area contributed by atoms with E-state index in [4.69, 9.17) is 9.97 Å². The van der Waals surface area contributed by atoms with Crippen LogP contribution in [0.1, 0.15) is 42.0 Å². The van der Waals surface area contributed by atoms with Crippen molar-refractivity contribution in [3.05, 3.63) is 126 Å². The maximum atomic E-state index is 10.5. The van der Waals surface area contributed by atoms with Crippen LogP contribution in [0.15, 0.2) is 103 Å². The highest BCUT2D eigenvalue weighted by Crippen LogP contribution is 2.63. The molecule has 4 nitrogen and oxygen atoms in total. The molecule has 1 aliphatic heterocycles. The third kappa shape index (κ3) is 6.28. The van der Waals surface area contributed by atoms with E-state index in [1.165, 1.54) is 22.3 Å². The minimum absolute atomic E-state index is 0.0335. The number of hydrogen-bond acceptors (Lipinski definition) is 4. The van der Waals surface area contributed by atoms with E-state index in [1.54, 1.807) is 0 Å². The summed E-state index contributed by atoms with van der Waals surface area (Å²) in [5.74, 6) is 3.93. The molecule has 1 fully saturated rings. The lowest BCUT2D eigenvalue weighted by molar-refractivity contribution is 0.265. The van der Waals surface area contributed by atoms with Crippen molar-refractivity contribution in [3.8, 4) is 0 Å². The van der Waals surface area contributed by atoms with Crippen molar-refractivity contribution in [3.63, 3.8) is 0 Å². The number of hydrogen-bond donors (Lipinski definition) is 1. The maximum absolute atomic E-state index is 10.5. The normalized spacial score (nSPS) is 18.0. The monoisotopic (exact) mass is 525 g/mol. The van der Waals surface area contributed by atoms with Crippen LogP contribution in [0.25, 0.3) is 0 Å². The molecule has 1 N–H and O–H groups in total. The van der Waals surface area contributed by atoms with Gasteiger partial charge in [0.05, 0.1) is 12.6 Å². The van der Waals surface area contributed by atoms with Gasteiger partial charge in [0.2, 0.25) is 5.95 Å². The van der Waals surface area contributed by atoms with Crippen molar-refractivity contribution in [2.75, 3.05) is 18.1 Å². The topological polar surface area (TPSA) is 49.2 Å².